The second-order valence-electron chi connectivity index (χ2n) is 6.72. The van der Waals surface area contributed by atoms with Gasteiger partial charge in [-0.2, -0.15) is 0 Å². The molecule has 138 valence electrons. The van der Waals surface area contributed by atoms with E-state index < -0.39 is 5.91 Å². The first-order valence-corrected chi connectivity index (χ1v) is 9.63. The largest absolute Gasteiger partial charge is 0.491 e. The van der Waals surface area contributed by atoms with E-state index in [1.165, 1.54) is 11.3 Å². The van der Waals surface area contributed by atoms with Crippen molar-refractivity contribution in [3.05, 3.63) is 40.9 Å². The maximum Gasteiger partial charge on any atom is 0.268 e. The van der Waals surface area contributed by atoms with Crippen LogP contribution in [-0.4, -0.2) is 35.9 Å². The maximum atomic E-state index is 13.0. The summed E-state index contributed by atoms with van der Waals surface area (Å²) in [6.45, 7) is 5.34. The van der Waals surface area contributed by atoms with Crippen molar-refractivity contribution in [2.75, 3.05) is 18.0 Å². The predicted octanol–water partition coefficient (Wildman–Crippen LogP) is 3.13. The Morgan fingerprint density at radius 3 is 2.88 bits per heavy atom. The van der Waals surface area contributed by atoms with Gasteiger partial charge in [0.25, 0.3) is 5.91 Å². The number of Topliss-reactive ketones (excluding diaryl/α,β-unsaturated/α-hetero) is 1. The molecule has 1 fully saturated rings. The minimum atomic E-state index is -0.529. The lowest BCUT2D eigenvalue weighted by Crippen LogP contribution is -2.38. The van der Waals surface area contributed by atoms with E-state index in [0.29, 0.717) is 17.9 Å². The lowest BCUT2D eigenvalue weighted by atomic mass is 9.90. The molecule has 0 unspecified atom stereocenters. The molecule has 0 radical (unpaired) electrons. The normalized spacial score (nSPS) is 17.3. The lowest BCUT2D eigenvalue weighted by molar-refractivity contribution is 0.0905. The van der Waals surface area contributed by atoms with Gasteiger partial charge in [0, 0.05) is 30.0 Å². The van der Waals surface area contributed by atoms with Crippen LogP contribution < -0.4 is 15.4 Å². The Morgan fingerprint density at radius 2 is 2.19 bits per heavy atom. The zero-order valence-electron chi connectivity index (χ0n) is 15.0. The van der Waals surface area contributed by atoms with Gasteiger partial charge < -0.3 is 15.4 Å². The molecule has 2 heterocycles. The van der Waals surface area contributed by atoms with E-state index in [2.05, 4.69) is 9.88 Å². The number of piperidine rings is 1. The summed E-state index contributed by atoms with van der Waals surface area (Å²) in [7, 11) is 0. The number of amides is 1. The van der Waals surface area contributed by atoms with E-state index in [1.807, 2.05) is 38.1 Å². The number of carbonyl (C=O) groups is 2. The lowest BCUT2D eigenvalue weighted by Gasteiger charge is -2.31. The van der Waals surface area contributed by atoms with Crippen molar-refractivity contribution in [1.82, 2.24) is 4.98 Å². The van der Waals surface area contributed by atoms with Gasteiger partial charge in [-0.1, -0.05) is 12.1 Å². The minimum Gasteiger partial charge on any atom is -0.491 e. The first-order valence-electron chi connectivity index (χ1n) is 8.75. The molecule has 1 atom stereocenters. The molecule has 0 aliphatic carbocycles. The van der Waals surface area contributed by atoms with E-state index >= 15 is 0 Å². The Balaban J connectivity index is 1.72. The number of primary amides is 1. The number of ketones is 1. The summed E-state index contributed by atoms with van der Waals surface area (Å²) in [5.41, 5.74) is 6.23. The third kappa shape index (κ3) is 4.22. The second kappa shape index (κ2) is 7.86. The molecule has 2 N–H and O–H groups in total. The number of ether oxygens (including phenoxy) is 1. The SMILES string of the molecule is CC(C)Oc1cccc(C(=O)[C@@H]2CCCN(c3nc(C(N)=O)cs3)C2)c1. The summed E-state index contributed by atoms with van der Waals surface area (Å²) in [6, 6.07) is 7.37. The molecule has 7 heteroatoms. The van der Waals surface area contributed by atoms with Crippen molar-refractivity contribution in [3.8, 4) is 5.75 Å². The molecule has 0 saturated carbocycles. The average Bonchev–Trinajstić information content (AvgIpc) is 3.11. The van der Waals surface area contributed by atoms with Crippen LogP contribution in [-0.2, 0) is 0 Å². The topological polar surface area (TPSA) is 85.5 Å². The van der Waals surface area contributed by atoms with Crippen molar-refractivity contribution in [2.24, 2.45) is 11.7 Å². The molecule has 1 aliphatic rings. The van der Waals surface area contributed by atoms with Gasteiger partial charge in [-0.3, -0.25) is 9.59 Å². The highest BCUT2D eigenvalue weighted by Gasteiger charge is 2.28. The molecule has 6 nitrogen and oxygen atoms in total. The summed E-state index contributed by atoms with van der Waals surface area (Å²) < 4.78 is 5.69. The first kappa shape index (κ1) is 18.4. The Bertz CT molecular complexity index is 803. The van der Waals surface area contributed by atoms with Gasteiger partial charge in [-0.15, -0.1) is 11.3 Å². The van der Waals surface area contributed by atoms with Gasteiger partial charge in [-0.25, -0.2) is 4.98 Å². The minimum absolute atomic E-state index is 0.0647. The summed E-state index contributed by atoms with van der Waals surface area (Å²) in [5.74, 6) is 0.207. The highest BCUT2D eigenvalue weighted by Crippen LogP contribution is 2.28. The molecule has 1 amide bonds. The number of carbonyl (C=O) groups excluding carboxylic acids is 2. The zero-order chi connectivity index (χ0) is 18.7. The first-order chi connectivity index (χ1) is 12.4. The molecule has 1 saturated heterocycles. The Morgan fingerprint density at radius 1 is 1.38 bits per heavy atom. The fourth-order valence-electron chi connectivity index (χ4n) is 3.12. The Hall–Kier alpha value is -2.41. The van der Waals surface area contributed by atoms with E-state index in [4.69, 9.17) is 10.5 Å². The fourth-order valence-corrected chi connectivity index (χ4v) is 3.97. The number of hydrogen-bond donors (Lipinski definition) is 1. The van der Waals surface area contributed by atoms with Crippen LogP contribution in [0.4, 0.5) is 5.13 Å². The number of hydrogen-bond acceptors (Lipinski definition) is 6. The van der Waals surface area contributed by atoms with Crippen LogP contribution in [0.25, 0.3) is 0 Å². The smallest absolute Gasteiger partial charge is 0.268 e. The van der Waals surface area contributed by atoms with E-state index in [1.54, 1.807) is 5.38 Å². The number of rotatable bonds is 6. The summed E-state index contributed by atoms with van der Waals surface area (Å²) in [5, 5.41) is 2.41. The third-order valence-corrected chi connectivity index (χ3v) is 5.20. The molecule has 1 aliphatic heterocycles. The number of anilines is 1. The van der Waals surface area contributed by atoms with E-state index in [0.717, 1.165) is 24.5 Å². The molecule has 26 heavy (non-hydrogen) atoms. The van der Waals surface area contributed by atoms with E-state index in [9.17, 15) is 9.59 Å². The molecule has 0 bridgehead atoms. The molecule has 0 spiro atoms. The van der Waals surface area contributed by atoms with Gasteiger partial charge >= 0.3 is 0 Å². The highest BCUT2D eigenvalue weighted by molar-refractivity contribution is 7.13. The third-order valence-electron chi connectivity index (χ3n) is 4.30. The van der Waals surface area contributed by atoms with Crippen molar-refractivity contribution in [2.45, 2.75) is 32.8 Å². The summed E-state index contributed by atoms with van der Waals surface area (Å²) >= 11 is 1.39. The number of nitrogens with two attached hydrogens (primary N) is 1. The Labute approximate surface area is 157 Å². The van der Waals surface area contributed by atoms with Gasteiger partial charge in [-0.05, 0) is 38.8 Å². The Kier molecular flexibility index (Phi) is 5.56. The summed E-state index contributed by atoms with van der Waals surface area (Å²) in [4.78, 5) is 30.6. The van der Waals surface area contributed by atoms with Crippen LogP contribution in [0.1, 0.15) is 47.5 Å². The highest BCUT2D eigenvalue weighted by atomic mass is 32.1. The van der Waals surface area contributed by atoms with Gasteiger partial charge in [0.15, 0.2) is 10.9 Å². The second-order valence-corrected chi connectivity index (χ2v) is 7.56. The van der Waals surface area contributed by atoms with Crippen molar-refractivity contribution >= 4 is 28.2 Å². The average molecular weight is 373 g/mol. The van der Waals surface area contributed by atoms with Crippen molar-refractivity contribution in [1.29, 1.82) is 0 Å². The number of aromatic nitrogens is 1. The molecule has 1 aromatic carbocycles. The van der Waals surface area contributed by atoms with Crippen LogP contribution in [0.5, 0.6) is 5.75 Å². The summed E-state index contributed by atoms with van der Waals surface area (Å²) in [6.07, 6.45) is 1.82. The molecule has 1 aromatic heterocycles. The quantitative estimate of drug-likeness (QED) is 0.786. The maximum absolute atomic E-state index is 13.0. The fraction of sp³-hybridized carbons (Fsp3) is 0.421. The monoisotopic (exact) mass is 373 g/mol. The zero-order valence-corrected chi connectivity index (χ0v) is 15.8. The number of nitrogens with zero attached hydrogens (tertiary/aromatic N) is 2. The predicted molar refractivity (Wildman–Crippen MR) is 102 cm³/mol. The van der Waals surface area contributed by atoms with Gasteiger partial charge in [0.2, 0.25) is 0 Å². The van der Waals surface area contributed by atoms with Crippen molar-refractivity contribution in [3.63, 3.8) is 0 Å². The van der Waals surface area contributed by atoms with Crippen molar-refractivity contribution < 1.29 is 14.3 Å². The number of thiazole rings is 1. The van der Waals surface area contributed by atoms with E-state index in [-0.39, 0.29) is 23.5 Å². The molecular weight excluding hydrogens is 350 g/mol. The van der Waals surface area contributed by atoms with Crippen LogP contribution in [0.3, 0.4) is 0 Å². The van der Waals surface area contributed by atoms with Gasteiger partial charge in [0.05, 0.1) is 6.10 Å². The van der Waals surface area contributed by atoms with Crippen LogP contribution in [0.15, 0.2) is 29.6 Å². The van der Waals surface area contributed by atoms with Crippen LogP contribution in [0, 0.1) is 5.92 Å². The molecular formula is C19H23N3O3S. The molecule has 3 rings (SSSR count). The number of benzene rings is 1. The molecule has 2 aromatic rings. The standard InChI is InChI=1S/C19H23N3O3S/c1-12(2)25-15-7-3-5-13(9-15)17(23)14-6-4-8-22(10-14)19-21-16(11-26-19)18(20)24/h3,5,7,9,11-12,14H,4,6,8,10H2,1-2H3,(H2,20,24)/t14-/m1/s1. The van der Waals surface area contributed by atoms with Crippen LogP contribution in [0.2, 0.25) is 0 Å². The van der Waals surface area contributed by atoms with Crippen LogP contribution >= 0.6 is 11.3 Å². The van der Waals surface area contributed by atoms with Gasteiger partial charge in [0.1, 0.15) is 11.4 Å².